The van der Waals surface area contributed by atoms with Crippen LogP contribution in [0.2, 0.25) is 0 Å². The standard InChI is InChI=1S/C21H26N4O/c1-3-20(16-26)25(13-17-8-7-11-22-12-17)15-19-14-24(2)23-21(19)18-9-5-4-6-10-18/h4-12,14,20,26H,3,13,15-16H2,1-2H3. The quantitative estimate of drug-likeness (QED) is 0.677. The largest absolute Gasteiger partial charge is 0.395 e. The van der Waals surface area contributed by atoms with E-state index in [1.165, 1.54) is 0 Å². The third-order valence-electron chi connectivity index (χ3n) is 4.63. The Morgan fingerprint density at radius 2 is 1.92 bits per heavy atom. The molecule has 3 aromatic rings. The molecule has 2 aromatic heterocycles. The maximum absolute atomic E-state index is 9.87. The van der Waals surface area contributed by atoms with Crippen molar-refractivity contribution in [3.8, 4) is 11.3 Å². The molecule has 0 bridgehead atoms. The Morgan fingerprint density at radius 3 is 2.58 bits per heavy atom. The number of aliphatic hydroxyl groups is 1. The Kier molecular flexibility index (Phi) is 6.15. The van der Waals surface area contributed by atoms with E-state index in [9.17, 15) is 5.11 Å². The van der Waals surface area contributed by atoms with Crippen molar-refractivity contribution in [3.05, 3.63) is 72.2 Å². The molecule has 1 unspecified atom stereocenters. The van der Waals surface area contributed by atoms with Gasteiger partial charge in [0.2, 0.25) is 0 Å². The third-order valence-corrected chi connectivity index (χ3v) is 4.63. The van der Waals surface area contributed by atoms with Crippen LogP contribution in [0.3, 0.4) is 0 Å². The number of rotatable bonds is 8. The SMILES string of the molecule is CCC(CO)N(Cc1cccnc1)Cc1cn(C)nc1-c1ccccc1. The van der Waals surface area contributed by atoms with Gasteiger partial charge in [-0.15, -0.1) is 0 Å². The average molecular weight is 350 g/mol. The first kappa shape index (κ1) is 18.3. The Labute approximate surface area is 154 Å². The molecule has 1 aromatic carbocycles. The summed E-state index contributed by atoms with van der Waals surface area (Å²) in [6.07, 6.45) is 6.63. The first-order chi connectivity index (χ1) is 12.7. The van der Waals surface area contributed by atoms with Crippen LogP contribution in [0.4, 0.5) is 0 Å². The average Bonchev–Trinajstić information content (AvgIpc) is 3.04. The monoisotopic (exact) mass is 350 g/mol. The van der Waals surface area contributed by atoms with Gasteiger partial charge < -0.3 is 5.11 Å². The van der Waals surface area contributed by atoms with E-state index in [1.54, 1.807) is 6.20 Å². The summed E-state index contributed by atoms with van der Waals surface area (Å²) in [5, 5.41) is 14.5. The lowest BCUT2D eigenvalue weighted by atomic mass is 10.1. The second-order valence-electron chi connectivity index (χ2n) is 6.55. The number of aliphatic hydroxyl groups excluding tert-OH is 1. The van der Waals surface area contributed by atoms with E-state index in [2.05, 4.69) is 46.3 Å². The van der Waals surface area contributed by atoms with Gasteiger partial charge in [0.05, 0.1) is 12.3 Å². The molecule has 0 amide bonds. The summed E-state index contributed by atoms with van der Waals surface area (Å²) in [6, 6.07) is 14.4. The van der Waals surface area contributed by atoms with Gasteiger partial charge in [0.25, 0.3) is 0 Å². The van der Waals surface area contributed by atoms with E-state index in [0.717, 1.165) is 41.9 Å². The molecule has 1 N–H and O–H groups in total. The van der Waals surface area contributed by atoms with Crippen LogP contribution in [0.25, 0.3) is 11.3 Å². The number of pyridine rings is 1. The lowest BCUT2D eigenvalue weighted by molar-refractivity contribution is 0.107. The molecule has 136 valence electrons. The lowest BCUT2D eigenvalue weighted by Crippen LogP contribution is -2.36. The molecule has 0 saturated heterocycles. The summed E-state index contributed by atoms with van der Waals surface area (Å²) in [5.74, 6) is 0. The first-order valence-electron chi connectivity index (χ1n) is 9.03. The maximum Gasteiger partial charge on any atom is 0.0968 e. The minimum absolute atomic E-state index is 0.0963. The normalized spacial score (nSPS) is 12.5. The first-order valence-corrected chi connectivity index (χ1v) is 9.03. The van der Waals surface area contributed by atoms with Gasteiger partial charge in [0.15, 0.2) is 0 Å². The summed E-state index contributed by atoms with van der Waals surface area (Å²) < 4.78 is 1.86. The molecule has 0 fully saturated rings. The van der Waals surface area contributed by atoms with Gasteiger partial charge in [-0.25, -0.2) is 0 Å². The zero-order valence-corrected chi connectivity index (χ0v) is 15.4. The lowest BCUT2D eigenvalue weighted by Gasteiger charge is -2.29. The summed E-state index contributed by atoms with van der Waals surface area (Å²) >= 11 is 0. The van der Waals surface area contributed by atoms with Crippen molar-refractivity contribution in [3.63, 3.8) is 0 Å². The van der Waals surface area contributed by atoms with Crippen LogP contribution in [0.1, 0.15) is 24.5 Å². The van der Waals surface area contributed by atoms with Crippen LogP contribution >= 0.6 is 0 Å². The van der Waals surface area contributed by atoms with Gasteiger partial charge in [0.1, 0.15) is 0 Å². The van der Waals surface area contributed by atoms with Crippen LogP contribution < -0.4 is 0 Å². The van der Waals surface area contributed by atoms with Crippen molar-refractivity contribution in [2.24, 2.45) is 7.05 Å². The van der Waals surface area contributed by atoms with E-state index in [1.807, 2.05) is 42.2 Å². The predicted molar refractivity (Wildman–Crippen MR) is 103 cm³/mol. The van der Waals surface area contributed by atoms with E-state index >= 15 is 0 Å². The minimum Gasteiger partial charge on any atom is -0.395 e. The van der Waals surface area contributed by atoms with Crippen molar-refractivity contribution >= 4 is 0 Å². The maximum atomic E-state index is 9.87. The number of aromatic nitrogens is 3. The summed E-state index contributed by atoms with van der Waals surface area (Å²) in [5.41, 5.74) is 4.41. The number of hydrogen-bond donors (Lipinski definition) is 1. The molecule has 0 spiro atoms. The molecule has 0 aliphatic carbocycles. The van der Waals surface area contributed by atoms with Crippen LogP contribution in [-0.4, -0.2) is 37.4 Å². The Morgan fingerprint density at radius 1 is 1.12 bits per heavy atom. The molecule has 26 heavy (non-hydrogen) atoms. The zero-order valence-electron chi connectivity index (χ0n) is 15.4. The molecule has 5 heteroatoms. The van der Waals surface area contributed by atoms with Gasteiger partial charge in [-0.3, -0.25) is 14.6 Å². The van der Waals surface area contributed by atoms with Crippen LogP contribution in [0, 0.1) is 0 Å². The highest BCUT2D eigenvalue weighted by molar-refractivity contribution is 5.62. The fourth-order valence-corrected chi connectivity index (χ4v) is 3.25. The van der Waals surface area contributed by atoms with Gasteiger partial charge in [0, 0.05) is 55.9 Å². The van der Waals surface area contributed by atoms with Gasteiger partial charge in [-0.2, -0.15) is 5.10 Å². The van der Waals surface area contributed by atoms with Crippen LogP contribution in [-0.2, 0) is 20.1 Å². The topological polar surface area (TPSA) is 54.2 Å². The summed E-state index contributed by atoms with van der Waals surface area (Å²) in [6.45, 7) is 3.72. The second kappa shape index (κ2) is 8.74. The highest BCUT2D eigenvalue weighted by Crippen LogP contribution is 2.24. The highest BCUT2D eigenvalue weighted by atomic mass is 16.3. The molecule has 0 radical (unpaired) electrons. The molecular formula is C21H26N4O. The molecule has 0 aliphatic heterocycles. The molecule has 3 rings (SSSR count). The third kappa shape index (κ3) is 4.36. The van der Waals surface area contributed by atoms with Gasteiger partial charge in [-0.1, -0.05) is 43.3 Å². The second-order valence-corrected chi connectivity index (χ2v) is 6.55. The smallest absolute Gasteiger partial charge is 0.0968 e. The predicted octanol–water partition coefficient (Wildman–Crippen LogP) is 3.26. The molecule has 2 heterocycles. The van der Waals surface area contributed by atoms with E-state index in [4.69, 9.17) is 0 Å². The van der Waals surface area contributed by atoms with Crippen LogP contribution in [0.5, 0.6) is 0 Å². The number of hydrogen-bond acceptors (Lipinski definition) is 4. The Hall–Kier alpha value is -2.50. The minimum atomic E-state index is 0.0963. The van der Waals surface area contributed by atoms with Crippen molar-refractivity contribution in [1.29, 1.82) is 0 Å². The number of nitrogens with zero attached hydrogens (tertiary/aromatic N) is 4. The number of benzene rings is 1. The zero-order chi connectivity index (χ0) is 18.4. The van der Waals surface area contributed by atoms with Crippen LogP contribution in [0.15, 0.2) is 61.1 Å². The highest BCUT2D eigenvalue weighted by Gasteiger charge is 2.20. The summed E-state index contributed by atoms with van der Waals surface area (Å²) in [7, 11) is 1.95. The van der Waals surface area contributed by atoms with Gasteiger partial charge >= 0.3 is 0 Å². The molecule has 0 saturated carbocycles. The fourth-order valence-electron chi connectivity index (χ4n) is 3.25. The molecule has 5 nitrogen and oxygen atoms in total. The molecule has 0 aliphatic rings. The van der Waals surface area contributed by atoms with Crippen molar-refractivity contribution in [1.82, 2.24) is 19.7 Å². The van der Waals surface area contributed by atoms with E-state index in [-0.39, 0.29) is 12.6 Å². The Bertz CT molecular complexity index is 797. The van der Waals surface area contributed by atoms with Crippen molar-refractivity contribution in [2.75, 3.05) is 6.61 Å². The van der Waals surface area contributed by atoms with Gasteiger partial charge in [-0.05, 0) is 18.1 Å². The fraction of sp³-hybridized carbons (Fsp3) is 0.333. The Balaban J connectivity index is 1.89. The van der Waals surface area contributed by atoms with Crippen molar-refractivity contribution in [2.45, 2.75) is 32.5 Å². The van der Waals surface area contributed by atoms with E-state index < -0.39 is 0 Å². The molecule has 1 atom stereocenters. The van der Waals surface area contributed by atoms with E-state index in [0.29, 0.717) is 0 Å². The number of aryl methyl sites for hydroxylation is 1. The molecular weight excluding hydrogens is 324 g/mol. The van der Waals surface area contributed by atoms with Crippen molar-refractivity contribution < 1.29 is 5.11 Å². The summed E-state index contributed by atoms with van der Waals surface area (Å²) in [4.78, 5) is 6.53.